The van der Waals surface area contributed by atoms with Gasteiger partial charge in [0.05, 0.1) is 41.5 Å². The van der Waals surface area contributed by atoms with Crippen LogP contribution in [-0.2, 0) is 29.6 Å². The highest BCUT2D eigenvalue weighted by molar-refractivity contribution is 7.92. The number of carbonyl (C=O) groups is 1. The maximum atomic E-state index is 13.6. The molecule has 1 aliphatic rings. The predicted octanol–water partition coefficient (Wildman–Crippen LogP) is 3.51. The van der Waals surface area contributed by atoms with Crippen molar-refractivity contribution in [3.05, 3.63) is 77.3 Å². The smallest absolute Gasteiger partial charge is 0.264 e. The van der Waals surface area contributed by atoms with Crippen LogP contribution in [0, 0.1) is 6.92 Å². The molecule has 0 bridgehead atoms. The second-order valence-corrected chi connectivity index (χ2v) is 12.9. The van der Waals surface area contributed by atoms with Crippen LogP contribution in [0.4, 0.5) is 11.4 Å². The number of morpholine rings is 1. The van der Waals surface area contributed by atoms with Gasteiger partial charge in [-0.05, 0) is 61.0 Å². The normalized spacial score (nSPS) is 14.5. The fraction of sp³-hybridized carbons (Fsp3) is 0.269. The number of hydrogen-bond donors (Lipinski definition) is 1. The Hall–Kier alpha value is -3.16. The third kappa shape index (κ3) is 6.36. The number of anilines is 2. The summed E-state index contributed by atoms with van der Waals surface area (Å²) in [5.74, 6) is -0.493. The monoisotopic (exact) mass is 593 g/mol. The first-order chi connectivity index (χ1) is 18.5. The van der Waals surface area contributed by atoms with Gasteiger partial charge in [0, 0.05) is 18.1 Å². The van der Waals surface area contributed by atoms with E-state index < -0.39 is 32.5 Å². The molecule has 3 aromatic carbocycles. The second-order valence-electron chi connectivity index (χ2n) is 8.68. The zero-order valence-electron chi connectivity index (χ0n) is 21.3. The van der Waals surface area contributed by atoms with Gasteiger partial charge < -0.3 is 14.8 Å². The van der Waals surface area contributed by atoms with Gasteiger partial charge in [-0.3, -0.25) is 9.10 Å². The lowest BCUT2D eigenvalue weighted by atomic mass is 10.2. The summed E-state index contributed by atoms with van der Waals surface area (Å²) >= 11 is 6.09. The molecular formula is C26H28ClN3O7S2. The van der Waals surface area contributed by atoms with Crippen molar-refractivity contribution in [2.45, 2.75) is 16.7 Å². The molecule has 10 nitrogen and oxygen atoms in total. The van der Waals surface area contributed by atoms with E-state index in [-0.39, 0.29) is 53.2 Å². The molecule has 0 saturated carbocycles. The molecule has 1 aliphatic heterocycles. The van der Waals surface area contributed by atoms with Gasteiger partial charge in [0.1, 0.15) is 12.3 Å². The molecule has 0 aromatic heterocycles. The summed E-state index contributed by atoms with van der Waals surface area (Å²) < 4.78 is 66.5. The number of ether oxygens (including phenoxy) is 2. The van der Waals surface area contributed by atoms with Crippen molar-refractivity contribution in [1.29, 1.82) is 0 Å². The zero-order valence-corrected chi connectivity index (χ0v) is 23.7. The Morgan fingerprint density at radius 3 is 2.33 bits per heavy atom. The molecule has 0 spiro atoms. The lowest BCUT2D eigenvalue weighted by molar-refractivity contribution is -0.114. The third-order valence-electron chi connectivity index (χ3n) is 6.10. The molecule has 1 fully saturated rings. The van der Waals surface area contributed by atoms with Crippen molar-refractivity contribution in [3.63, 3.8) is 0 Å². The summed E-state index contributed by atoms with van der Waals surface area (Å²) in [5, 5.41) is 3.05. The van der Waals surface area contributed by atoms with E-state index >= 15 is 0 Å². The Bertz CT molecular complexity index is 1560. The van der Waals surface area contributed by atoms with Gasteiger partial charge >= 0.3 is 0 Å². The Kier molecular flexibility index (Phi) is 8.82. The van der Waals surface area contributed by atoms with E-state index in [1.54, 1.807) is 31.2 Å². The molecule has 0 atom stereocenters. The molecule has 1 saturated heterocycles. The third-order valence-corrected chi connectivity index (χ3v) is 10.0. The van der Waals surface area contributed by atoms with E-state index in [1.165, 1.54) is 53.9 Å². The fourth-order valence-electron chi connectivity index (χ4n) is 4.12. The number of benzene rings is 3. The summed E-state index contributed by atoms with van der Waals surface area (Å²) in [4.78, 5) is 13.3. The number of halogens is 1. The molecule has 1 amide bonds. The van der Waals surface area contributed by atoms with Crippen molar-refractivity contribution in [2.24, 2.45) is 0 Å². The maximum Gasteiger partial charge on any atom is 0.264 e. The quantitative estimate of drug-likeness (QED) is 0.403. The lowest BCUT2D eigenvalue weighted by Crippen LogP contribution is -2.40. The van der Waals surface area contributed by atoms with Gasteiger partial charge in [0.2, 0.25) is 15.9 Å². The number of sulfonamides is 2. The number of aryl methyl sites for hydroxylation is 1. The Balaban J connectivity index is 1.67. The summed E-state index contributed by atoms with van der Waals surface area (Å²) in [6.45, 7) is 2.09. The van der Waals surface area contributed by atoms with Gasteiger partial charge in [0.25, 0.3) is 10.0 Å². The molecule has 1 heterocycles. The summed E-state index contributed by atoms with van der Waals surface area (Å²) in [5.41, 5.74) is 0.904. The average Bonchev–Trinajstić information content (AvgIpc) is 2.93. The summed E-state index contributed by atoms with van der Waals surface area (Å²) in [6.07, 6.45) is 0. The number of nitrogens with one attached hydrogen (secondary N) is 1. The van der Waals surface area contributed by atoms with Crippen LogP contribution in [0.15, 0.2) is 76.5 Å². The van der Waals surface area contributed by atoms with E-state index in [2.05, 4.69) is 5.32 Å². The van der Waals surface area contributed by atoms with E-state index in [9.17, 15) is 21.6 Å². The molecule has 4 rings (SSSR count). The molecule has 13 heteroatoms. The highest BCUT2D eigenvalue weighted by Gasteiger charge is 2.30. The standard InChI is InChI=1S/C26H28ClN3O7S2/c1-19-16-20(27)8-10-24(19)30(39(34,35)21-6-4-3-5-7-21)18-26(31)28-23-17-22(9-11-25(23)36-2)38(32,33)29-12-14-37-15-13-29/h3-11,16-17H,12-15,18H2,1-2H3,(H,28,31). The number of rotatable bonds is 9. The molecule has 0 radical (unpaired) electrons. The minimum atomic E-state index is -4.15. The average molecular weight is 594 g/mol. The molecule has 39 heavy (non-hydrogen) atoms. The van der Waals surface area contributed by atoms with E-state index in [0.717, 1.165) is 4.31 Å². The van der Waals surface area contributed by atoms with Crippen LogP contribution >= 0.6 is 11.6 Å². The van der Waals surface area contributed by atoms with Gasteiger partial charge in [-0.1, -0.05) is 29.8 Å². The Morgan fingerprint density at radius 2 is 1.69 bits per heavy atom. The number of methoxy groups -OCH3 is 1. The Labute approximate surface area is 233 Å². The van der Waals surface area contributed by atoms with Crippen LogP contribution < -0.4 is 14.4 Å². The van der Waals surface area contributed by atoms with Crippen LogP contribution in [0.5, 0.6) is 5.75 Å². The van der Waals surface area contributed by atoms with Crippen LogP contribution in [0.25, 0.3) is 0 Å². The first-order valence-electron chi connectivity index (χ1n) is 11.9. The lowest BCUT2D eigenvalue weighted by Gasteiger charge is -2.27. The van der Waals surface area contributed by atoms with Crippen molar-refractivity contribution >= 4 is 48.9 Å². The summed E-state index contributed by atoms with van der Waals surface area (Å²) in [6, 6.07) is 16.5. The maximum absolute atomic E-state index is 13.6. The van der Waals surface area contributed by atoms with Crippen LogP contribution in [0.3, 0.4) is 0 Å². The predicted molar refractivity (Wildman–Crippen MR) is 148 cm³/mol. The molecular weight excluding hydrogens is 566 g/mol. The Morgan fingerprint density at radius 1 is 1.00 bits per heavy atom. The van der Waals surface area contributed by atoms with Crippen molar-refractivity contribution < 1.29 is 31.1 Å². The van der Waals surface area contributed by atoms with Crippen LogP contribution in [0.2, 0.25) is 5.02 Å². The topological polar surface area (TPSA) is 122 Å². The fourth-order valence-corrected chi connectivity index (χ4v) is 7.29. The SMILES string of the molecule is COc1ccc(S(=O)(=O)N2CCOCC2)cc1NC(=O)CN(c1ccc(Cl)cc1C)S(=O)(=O)c1ccccc1. The first-order valence-corrected chi connectivity index (χ1v) is 15.2. The summed E-state index contributed by atoms with van der Waals surface area (Å²) in [7, 11) is -6.63. The van der Waals surface area contributed by atoms with Crippen LogP contribution in [-0.4, -0.2) is 67.0 Å². The van der Waals surface area contributed by atoms with Gasteiger partial charge in [-0.25, -0.2) is 16.8 Å². The van der Waals surface area contributed by atoms with Gasteiger partial charge in [-0.15, -0.1) is 0 Å². The highest BCUT2D eigenvalue weighted by Crippen LogP contribution is 2.31. The zero-order chi connectivity index (χ0) is 28.2. The van der Waals surface area contributed by atoms with E-state index in [0.29, 0.717) is 10.6 Å². The van der Waals surface area contributed by atoms with Crippen molar-refractivity contribution in [2.75, 3.05) is 49.6 Å². The molecule has 0 unspecified atom stereocenters. The molecule has 3 aromatic rings. The van der Waals surface area contributed by atoms with Crippen LogP contribution in [0.1, 0.15) is 5.56 Å². The minimum absolute atomic E-state index is 0.00309. The van der Waals surface area contributed by atoms with E-state index in [1.807, 2.05) is 0 Å². The largest absolute Gasteiger partial charge is 0.495 e. The van der Waals surface area contributed by atoms with E-state index in [4.69, 9.17) is 21.1 Å². The highest BCUT2D eigenvalue weighted by atomic mass is 35.5. The van der Waals surface area contributed by atoms with Gasteiger partial charge in [0.15, 0.2) is 0 Å². The number of carbonyl (C=O) groups excluding carboxylic acids is 1. The van der Waals surface area contributed by atoms with Gasteiger partial charge in [-0.2, -0.15) is 4.31 Å². The second kappa shape index (κ2) is 11.9. The molecule has 208 valence electrons. The number of hydrogen-bond acceptors (Lipinski definition) is 7. The van der Waals surface area contributed by atoms with Crippen molar-refractivity contribution in [3.8, 4) is 5.75 Å². The number of nitrogens with zero attached hydrogens (tertiary/aromatic N) is 2. The minimum Gasteiger partial charge on any atom is -0.495 e. The molecule has 0 aliphatic carbocycles. The first kappa shape index (κ1) is 28.8. The van der Waals surface area contributed by atoms with Crippen molar-refractivity contribution in [1.82, 2.24) is 4.31 Å². The number of amides is 1. The molecule has 1 N–H and O–H groups in total.